The molecule has 33 heavy (non-hydrogen) atoms. The van der Waals surface area contributed by atoms with Crippen LogP contribution in [0.15, 0.2) is 42.6 Å². The molecule has 1 aliphatic rings. The third-order valence-electron chi connectivity index (χ3n) is 6.19. The third kappa shape index (κ3) is 3.79. The molecule has 1 saturated heterocycles. The smallest absolute Gasteiger partial charge is 0.408 e. The van der Waals surface area contributed by atoms with E-state index in [0.29, 0.717) is 35.9 Å². The summed E-state index contributed by atoms with van der Waals surface area (Å²) in [5.74, 6) is 1.08. The largest absolute Gasteiger partial charge is 0.496 e. The van der Waals surface area contributed by atoms with Crippen molar-refractivity contribution < 1.29 is 17.9 Å². The van der Waals surface area contributed by atoms with Crippen LogP contribution in [0.5, 0.6) is 5.75 Å². The van der Waals surface area contributed by atoms with Gasteiger partial charge in [-0.15, -0.1) is 10.2 Å². The van der Waals surface area contributed by atoms with Gasteiger partial charge in [-0.25, -0.2) is 4.98 Å². The lowest BCUT2D eigenvalue weighted by Gasteiger charge is -2.30. The van der Waals surface area contributed by atoms with Crippen molar-refractivity contribution in [2.75, 3.05) is 20.2 Å². The number of aryl methyl sites for hydroxylation is 1. The summed E-state index contributed by atoms with van der Waals surface area (Å²) in [5.41, 5.74) is 8.56. The Kier molecular flexibility index (Phi) is 5.21. The van der Waals surface area contributed by atoms with Gasteiger partial charge < -0.3 is 10.5 Å². The van der Waals surface area contributed by atoms with Gasteiger partial charge in [-0.3, -0.25) is 9.30 Å². The van der Waals surface area contributed by atoms with Crippen molar-refractivity contribution in [2.24, 2.45) is 5.73 Å². The highest BCUT2D eigenvalue weighted by atomic mass is 19.4. The Morgan fingerprint density at radius 1 is 1.12 bits per heavy atom. The highest BCUT2D eigenvalue weighted by Crippen LogP contribution is 2.39. The number of rotatable bonds is 4. The van der Waals surface area contributed by atoms with Crippen LogP contribution in [-0.4, -0.2) is 56.9 Å². The van der Waals surface area contributed by atoms with Crippen LogP contribution in [0.2, 0.25) is 0 Å². The Labute approximate surface area is 188 Å². The molecule has 4 aromatic rings. The number of ether oxygens (including phenoxy) is 1. The lowest BCUT2D eigenvalue weighted by Crippen LogP contribution is -2.38. The number of likely N-dealkylation sites (tertiary alicyclic amines) is 1. The number of aromatic nitrogens is 4. The number of hydrogen-bond donors (Lipinski definition) is 1. The van der Waals surface area contributed by atoms with Crippen LogP contribution in [0, 0.1) is 6.92 Å². The maximum absolute atomic E-state index is 14.1. The number of methoxy groups -OCH3 is 1. The number of pyridine rings is 2. The topological polar surface area (TPSA) is 81.6 Å². The monoisotopic (exact) mass is 456 g/mol. The molecule has 0 unspecified atom stereocenters. The van der Waals surface area contributed by atoms with Gasteiger partial charge in [0.15, 0.2) is 11.5 Å². The molecule has 5 rings (SSSR count). The highest BCUT2D eigenvalue weighted by Gasteiger charge is 2.46. The Hall–Kier alpha value is -3.24. The summed E-state index contributed by atoms with van der Waals surface area (Å²) < 4.78 is 49.2. The number of fused-ring (bicyclic) bond motifs is 2. The minimum absolute atomic E-state index is 0.115. The molecule has 1 fully saturated rings. The maximum atomic E-state index is 14.1. The fraction of sp³-hybridized carbons (Fsp3) is 0.348. The molecule has 2 atom stereocenters. The summed E-state index contributed by atoms with van der Waals surface area (Å²) in [6.07, 6.45) is -2.45. The van der Waals surface area contributed by atoms with Crippen LogP contribution < -0.4 is 10.5 Å². The van der Waals surface area contributed by atoms with E-state index in [-0.39, 0.29) is 18.2 Å². The van der Waals surface area contributed by atoms with E-state index in [2.05, 4.69) is 10.2 Å². The van der Waals surface area contributed by atoms with E-state index in [9.17, 15) is 13.2 Å². The summed E-state index contributed by atoms with van der Waals surface area (Å²) in [5, 5.41) is 9.28. The van der Waals surface area contributed by atoms with Crippen molar-refractivity contribution in [3.63, 3.8) is 0 Å². The number of nitrogens with zero attached hydrogens (tertiary/aromatic N) is 5. The molecule has 0 radical (unpaired) electrons. The molecule has 3 aromatic heterocycles. The molecule has 0 aliphatic carbocycles. The first-order valence-electron chi connectivity index (χ1n) is 10.6. The third-order valence-corrected chi connectivity index (χ3v) is 6.19. The molecule has 2 N–H and O–H groups in total. The quantitative estimate of drug-likeness (QED) is 0.502. The van der Waals surface area contributed by atoms with Gasteiger partial charge in [0.1, 0.15) is 17.5 Å². The minimum atomic E-state index is -4.44. The van der Waals surface area contributed by atoms with E-state index >= 15 is 0 Å². The van der Waals surface area contributed by atoms with Crippen LogP contribution in [0.3, 0.4) is 0 Å². The lowest BCUT2D eigenvalue weighted by molar-refractivity contribution is -0.183. The summed E-state index contributed by atoms with van der Waals surface area (Å²) in [6, 6.07) is 8.48. The Balaban J connectivity index is 1.62. The Morgan fingerprint density at radius 3 is 2.61 bits per heavy atom. The van der Waals surface area contributed by atoms with Gasteiger partial charge >= 0.3 is 6.18 Å². The van der Waals surface area contributed by atoms with Gasteiger partial charge in [0.05, 0.1) is 12.6 Å². The number of hydrogen-bond acceptors (Lipinski definition) is 6. The number of halogens is 3. The zero-order chi connectivity index (χ0) is 23.3. The van der Waals surface area contributed by atoms with E-state index in [1.165, 1.54) is 17.2 Å². The Morgan fingerprint density at radius 2 is 1.91 bits per heavy atom. The molecule has 172 valence electrons. The van der Waals surface area contributed by atoms with E-state index in [1.807, 2.05) is 25.1 Å². The van der Waals surface area contributed by atoms with Gasteiger partial charge in [0, 0.05) is 36.3 Å². The molecule has 0 saturated carbocycles. The van der Waals surface area contributed by atoms with Crippen LogP contribution in [-0.2, 0) is 0 Å². The van der Waals surface area contributed by atoms with Gasteiger partial charge in [-0.2, -0.15) is 13.2 Å². The maximum Gasteiger partial charge on any atom is 0.408 e. The average Bonchev–Trinajstić information content (AvgIpc) is 3.39. The number of benzene rings is 1. The van der Waals surface area contributed by atoms with Crippen molar-refractivity contribution in [2.45, 2.75) is 31.6 Å². The fourth-order valence-corrected chi connectivity index (χ4v) is 4.56. The summed E-state index contributed by atoms with van der Waals surface area (Å²) >= 11 is 0. The number of nitrogens with two attached hydrogens (primary N) is 1. The minimum Gasteiger partial charge on any atom is -0.496 e. The fourth-order valence-electron chi connectivity index (χ4n) is 4.56. The molecular weight excluding hydrogens is 433 g/mol. The molecule has 7 nitrogen and oxygen atoms in total. The van der Waals surface area contributed by atoms with Crippen molar-refractivity contribution in [1.82, 2.24) is 24.5 Å². The summed E-state index contributed by atoms with van der Waals surface area (Å²) in [4.78, 5) is 6.12. The van der Waals surface area contributed by atoms with Crippen molar-refractivity contribution in [3.05, 3.63) is 53.7 Å². The standard InChI is InChI=1S/C23H23F3N6O/c1-13-18(33-2)7-4-14-3-6-17(28-20(13)14)22-30-29-19-8-5-15(11-32(19)22)21(23(24,25)26)31-10-9-16(27)12-31/h3-8,11,16,21H,9-10,12,27H2,1-2H3/t16-,21+/m0/s1. The Bertz CT molecular complexity index is 1340. The molecule has 4 heterocycles. The second-order valence-corrected chi connectivity index (χ2v) is 8.36. The normalized spacial score (nSPS) is 18.3. The van der Waals surface area contributed by atoms with E-state index in [1.54, 1.807) is 23.6 Å². The second-order valence-electron chi connectivity index (χ2n) is 8.36. The highest BCUT2D eigenvalue weighted by molar-refractivity contribution is 5.85. The summed E-state index contributed by atoms with van der Waals surface area (Å²) in [6.45, 7) is 2.41. The van der Waals surface area contributed by atoms with E-state index < -0.39 is 12.2 Å². The zero-order valence-electron chi connectivity index (χ0n) is 18.2. The summed E-state index contributed by atoms with van der Waals surface area (Å²) in [7, 11) is 1.59. The van der Waals surface area contributed by atoms with Crippen LogP contribution in [0.4, 0.5) is 13.2 Å². The van der Waals surface area contributed by atoms with E-state index in [0.717, 1.165) is 16.5 Å². The molecule has 0 amide bonds. The molecule has 10 heteroatoms. The molecule has 1 aromatic carbocycles. The van der Waals surface area contributed by atoms with E-state index in [4.69, 9.17) is 15.5 Å². The van der Waals surface area contributed by atoms with Gasteiger partial charge in [0.2, 0.25) is 0 Å². The van der Waals surface area contributed by atoms with Gasteiger partial charge in [0.25, 0.3) is 0 Å². The molecule has 0 spiro atoms. The lowest BCUT2D eigenvalue weighted by atomic mass is 10.1. The van der Waals surface area contributed by atoms with Gasteiger partial charge in [-0.1, -0.05) is 12.1 Å². The second kappa shape index (κ2) is 7.96. The van der Waals surface area contributed by atoms with Crippen molar-refractivity contribution in [3.8, 4) is 17.3 Å². The molecule has 1 aliphatic heterocycles. The first kappa shape index (κ1) is 21.6. The van der Waals surface area contributed by atoms with Crippen molar-refractivity contribution >= 4 is 16.6 Å². The van der Waals surface area contributed by atoms with Crippen molar-refractivity contribution in [1.29, 1.82) is 0 Å². The van der Waals surface area contributed by atoms with Crippen LogP contribution in [0.25, 0.3) is 28.1 Å². The average molecular weight is 456 g/mol. The molecular formula is C23H23F3N6O. The molecule has 0 bridgehead atoms. The first-order valence-corrected chi connectivity index (χ1v) is 10.6. The van der Waals surface area contributed by atoms with Gasteiger partial charge in [-0.05, 0) is 43.2 Å². The predicted molar refractivity (Wildman–Crippen MR) is 118 cm³/mol. The SMILES string of the molecule is COc1ccc2ccc(-c3nnc4ccc([C@@H](N5CC[C@H](N)C5)C(F)(F)F)cn34)nc2c1C. The van der Waals surface area contributed by atoms with Crippen LogP contribution in [0.1, 0.15) is 23.6 Å². The first-order chi connectivity index (χ1) is 15.8. The van der Waals surface area contributed by atoms with Crippen LogP contribution >= 0.6 is 0 Å². The number of alkyl halides is 3. The zero-order valence-corrected chi connectivity index (χ0v) is 18.2. The predicted octanol–water partition coefficient (Wildman–Crippen LogP) is 3.90.